The zero-order valence-electron chi connectivity index (χ0n) is 20.1. The standard InChI is InChI=1S/C27H21ClN2O5S2/c1-15-23(26(32)34-3)24(19-13-16(28)9-11-20(19)33-2)30-25(31)21(37-27(30)29-15)14-17-10-12-22(35-17)36-18-7-5-4-6-8-18/h4-14,24H,1-3H3/b21-14-/t24-/m1/s1. The van der Waals surface area contributed by atoms with Gasteiger partial charge < -0.3 is 13.9 Å². The van der Waals surface area contributed by atoms with Gasteiger partial charge in [-0.2, -0.15) is 0 Å². The monoisotopic (exact) mass is 552 g/mol. The van der Waals surface area contributed by atoms with E-state index in [1.165, 1.54) is 41.9 Å². The van der Waals surface area contributed by atoms with Gasteiger partial charge in [0.15, 0.2) is 9.89 Å². The minimum absolute atomic E-state index is 0.238. The molecule has 0 saturated carbocycles. The molecule has 2 aromatic heterocycles. The Morgan fingerprint density at radius 1 is 1.16 bits per heavy atom. The third-order valence-electron chi connectivity index (χ3n) is 5.75. The van der Waals surface area contributed by atoms with Crippen molar-refractivity contribution in [3.05, 3.63) is 108 Å². The van der Waals surface area contributed by atoms with Crippen molar-refractivity contribution in [2.75, 3.05) is 14.2 Å². The third kappa shape index (κ3) is 4.90. The first kappa shape index (κ1) is 25.1. The Morgan fingerprint density at radius 3 is 2.68 bits per heavy atom. The Bertz CT molecular complexity index is 1700. The molecule has 188 valence electrons. The fraction of sp³-hybridized carbons (Fsp3) is 0.148. The molecule has 0 bridgehead atoms. The fourth-order valence-electron chi connectivity index (χ4n) is 4.11. The van der Waals surface area contributed by atoms with Gasteiger partial charge in [-0.1, -0.05) is 52.9 Å². The highest BCUT2D eigenvalue weighted by Gasteiger charge is 2.35. The van der Waals surface area contributed by atoms with Gasteiger partial charge >= 0.3 is 5.97 Å². The molecule has 3 heterocycles. The second-order valence-electron chi connectivity index (χ2n) is 8.03. The lowest BCUT2D eigenvalue weighted by Crippen LogP contribution is -2.40. The van der Waals surface area contributed by atoms with Crippen LogP contribution in [0.2, 0.25) is 5.02 Å². The smallest absolute Gasteiger partial charge is 0.338 e. The maximum absolute atomic E-state index is 13.7. The molecule has 0 aliphatic carbocycles. The van der Waals surface area contributed by atoms with Crippen molar-refractivity contribution in [2.45, 2.75) is 23.0 Å². The number of methoxy groups -OCH3 is 2. The lowest BCUT2D eigenvalue weighted by atomic mass is 9.95. The number of benzene rings is 2. The molecule has 0 unspecified atom stereocenters. The van der Waals surface area contributed by atoms with E-state index in [1.54, 1.807) is 31.2 Å². The van der Waals surface area contributed by atoms with Crippen LogP contribution in [0.15, 0.2) is 96.1 Å². The Morgan fingerprint density at radius 2 is 1.95 bits per heavy atom. The number of hydrogen-bond acceptors (Lipinski definition) is 8. The van der Waals surface area contributed by atoms with Gasteiger partial charge in [-0.3, -0.25) is 9.36 Å². The number of esters is 1. The molecule has 4 aromatic rings. The van der Waals surface area contributed by atoms with Gasteiger partial charge in [0.1, 0.15) is 17.6 Å². The van der Waals surface area contributed by atoms with E-state index >= 15 is 0 Å². The molecule has 0 radical (unpaired) electrons. The first-order chi connectivity index (χ1) is 17.9. The Kier molecular flexibility index (Phi) is 7.10. The number of fused-ring (bicyclic) bond motifs is 1. The number of hydrogen-bond donors (Lipinski definition) is 0. The van der Waals surface area contributed by atoms with Crippen molar-refractivity contribution < 1.29 is 18.7 Å². The summed E-state index contributed by atoms with van der Waals surface area (Å²) >= 11 is 9.02. The minimum Gasteiger partial charge on any atom is -0.496 e. The van der Waals surface area contributed by atoms with E-state index in [4.69, 9.17) is 25.5 Å². The number of aromatic nitrogens is 1. The SMILES string of the molecule is COC(=O)C1=C(C)N=c2s/c(=C\c3ccc(Sc4ccccc4)o3)c(=O)n2[C@@H]1c1cc(Cl)ccc1OC. The highest BCUT2D eigenvalue weighted by Crippen LogP contribution is 2.37. The summed E-state index contributed by atoms with van der Waals surface area (Å²) in [5.74, 6) is 0.425. The maximum atomic E-state index is 13.7. The van der Waals surface area contributed by atoms with E-state index in [9.17, 15) is 9.59 Å². The summed E-state index contributed by atoms with van der Waals surface area (Å²) in [5.41, 5.74) is 0.919. The van der Waals surface area contributed by atoms with E-state index in [2.05, 4.69) is 4.99 Å². The van der Waals surface area contributed by atoms with Crippen LogP contribution >= 0.6 is 34.7 Å². The zero-order chi connectivity index (χ0) is 26.1. The number of nitrogens with zero attached hydrogens (tertiary/aromatic N) is 2. The molecule has 1 aliphatic heterocycles. The highest BCUT2D eigenvalue weighted by atomic mass is 35.5. The van der Waals surface area contributed by atoms with Gasteiger partial charge in [0.25, 0.3) is 5.56 Å². The van der Waals surface area contributed by atoms with E-state index < -0.39 is 12.0 Å². The summed E-state index contributed by atoms with van der Waals surface area (Å²) in [4.78, 5) is 32.7. The summed E-state index contributed by atoms with van der Waals surface area (Å²) in [6.45, 7) is 1.72. The lowest BCUT2D eigenvalue weighted by Gasteiger charge is -2.25. The predicted molar refractivity (Wildman–Crippen MR) is 143 cm³/mol. The van der Waals surface area contributed by atoms with Crippen molar-refractivity contribution in [2.24, 2.45) is 4.99 Å². The number of furan rings is 1. The molecule has 0 N–H and O–H groups in total. The van der Waals surface area contributed by atoms with Gasteiger partial charge in [-0.15, -0.1) is 0 Å². The minimum atomic E-state index is -0.833. The number of rotatable bonds is 6. The number of halogens is 1. The van der Waals surface area contributed by atoms with Gasteiger partial charge in [0.05, 0.1) is 30.0 Å². The van der Waals surface area contributed by atoms with Crippen LogP contribution in [0.1, 0.15) is 24.3 Å². The zero-order valence-corrected chi connectivity index (χ0v) is 22.4. The van der Waals surface area contributed by atoms with Crippen LogP contribution in [-0.4, -0.2) is 24.8 Å². The van der Waals surface area contributed by atoms with E-state index in [0.717, 1.165) is 4.90 Å². The average molecular weight is 553 g/mol. The van der Waals surface area contributed by atoms with Crippen molar-refractivity contribution >= 4 is 46.7 Å². The number of allylic oxidation sites excluding steroid dienone is 1. The molecule has 0 spiro atoms. The van der Waals surface area contributed by atoms with Crippen LogP contribution in [0.3, 0.4) is 0 Å². The van der Waals surface area contributed by atoms with Gasteiger partial charge in [-0.25, -0.2) is 9.79 Å². The lowest BCUT2D eigenvalue weighted by molar-refractivity contribution is -0.136. The number of carbonyl (C=O) groups excluding carboxylic acids is 1. The van der Waals surface area contributed by atoms with Crippen LogP contribution < -0.4 is 19.6 Å². The number of ether oxygens (including phenoxy) is 2. The van der Waals surface area contributed by atoms with Crippen LogP contribution in [-0.2, 0) is 9.53 Å². The summed E-state index contributed by atoms with van der Waals surface area (Å²) in [5, 5.41) is 1.14. The van der Waals surface area contributed by atoms with Crippen molar-refractivity contribution in [3.63, 3.8) is 0 Å². The molecule has 7 nitrogen and oxygen atoms in total. The molecule has 0 fully saturated rings. The molecule has 10 heteroatoms. The number of carbonyl (C=O) groups is 1. The third-order valence-corrected chi connectivity index (χ3v) is 7.90. The molecule has 2 aromatic carbocycles. The average Bonchev–Trinajstić information content (AvgIpc) is 3.46. The van der Waals surface area contributed by atoms with Crippen molar-refractivity contribution in [3.8, 4) is 5.75 Å². The summed E-state index contributed by atoms with van der Waals surface area (Å²) < 4.78 is 18.5. The summed E-state index contributed by atoms with van der Waals surface area (Å²) in [6, 6.07) is 17.8. The maximum Gasteiger partial charge on any atom is 0.338 e. The van der Waals surface area contributed by atoms with Gasteiger partial charge in [0, 0.05) is 21.6 Å². The Hall–Kier alpha value is -3.53. The second-order valence-corrected chi connectivity index (χ2v) is 10.6. The van der Waals surface area contributed by atoms with Crippen LogP contribution in [0, 0.1) is 0 Å². The van der Waals surface area contributed by atoms with E-state index in [0.29, 0.717) is 42.2 Å². The quantitative estimate of drug-likeness (QED) is 0.319. The first-order valence-electron chi connectivity index (χ1n) is 11.2. The molecule has 5 rings (SSSR count). The number of thiazole rings is 1. The van der Waals surface area contributed by atoms with Crippen LogP contribution in [0.25, 0.3) is 6.08 Å². The largest absolute Gasteiger partial charge is 0.496 e. The normalized spacial score (nSPS) is 15.4. The Labute approximate surface area is 225 Å². The topological polar surface area (TPSA) is 83.0 Å². The predicted octanol–water partition coefficient (Wildman–Crippen LogP) is 4.81. The second kappa shape index (κ2) is 10.5. The van der Waals surface area contributed by atoms with Crippen LogP contribution in [0.4, 0.5) is 0 Å². The molecule has 1 atom stereocenters. The molecular weight excluding hydrogens is 532 g/mol. The van der Waals surface area contributed by atoms with Crippen molar-refractivity contribution in [1.29, 1.82) is 0 Å². The summed E-state index contributed by atoms with van der Waals surface area (Å²) in [6.07, 6.45) is 1.68. The van der Waals surface area contributed by atoms with E-state index in [1.807, 2.05) is 42.5 Å². The fourth-order valence-corrected chi connectivity index (χ4v) is 6.11. The highest BCUT2D eigenvalue weighted by molar-refractivity contribution is 7.99. The van der Waals surface area contributed by atoms with Gasteiger partial charge in [-0.05, 0) is 49.4 Å². The molecule has 1 aliphatic rings. The molecule has 0 amide bonds. The van der Waals surface area contributed by atoms with Crippen molar-refractivity contribution in [1.82, 2.24) is 4.57 Å². The van der Waals surface area contributed by atoms with Gasteiger partial charge in [0.2, 0.25) is 0 Å². The first-order valence-corrected chi connectivity index (χ1v) is 13.2. The summed E-state index contributed by atoms with van der Waals surface area (Å²) in [7, 11) is 2.81. The van der Waals surface area contributed by atoms with Crippen LogP contribution in [0.5, 0.6) is 5.75 Å². The molecular formula is C27H21ClN2O5S2. The Balaban J connectivity index is 1.64. The molecule has 0 saturated heterocycles. The van der Waals surface area contributed by atoms with E-state index in [-0.39, 0.29) is 11.1 Å². The molecule has 37 heavy (non-hydrogen) atoms.